The van der Waals surface area contributed by atoms with Gasteiger partial charge in [0.1, 0.15) is 5.82 Å². The van der Waals surface area contributed by atoms with Crippen LogP contribution >= 0.6 is 11.8 Å². The number of piperazine rings is 1. The fourth-order valence-electron chi connectivity index (χ4n) is 7.18. The molecule has 4 aromatic rings. The number of anilines is 1. The zero-order valence-corrected chi connectivity index (χ0v) is 26.5. The molecule has 3 heterocycles. The number of hydrogen-bond donors (Lipinski definition) is 0. The minimum atomic E-state index is -0.355. The standard InChI is InChI=1S/C37H39FN4O2S/c1-2-3-16-34(36(44)41-24-30-22-31(41)23-40(30)28-19-17-27(38)18-20-28)45-37-39-33-15-8-7-14-32(33)35(43)42(37)29-13-9-12-26(21-29)25-10-5-4-6-11-25/h7-10,12-15,17-21,30-31,34H,2-6,11,16,22-24H2,1H3. The van der Waals surface area contributed by atoms with E-state index in [1.165, 1.54) is 42.3 Å². The molecule has 232 valence electrons. The zero-order chi connectivity index (χ0) is 30.9. The number of thioether (sulfide) groups is 1. The Morgan fingerprint density at radius 2 is 1.84 bits per heavy atom. The highest BCUT2D eigenvalue weighted by molar-refractivity contribution is 8.00. The lowest BCUT2D eigenvalue weighted by Gasteiger charge is -2.37. The van der Waals surface area contributed by atoms with Crippen molar-refractivity contribution < 1.29 is 9.18 Å². The molecule has 3 aliphatic rings. The van der Waals surface area contributed by atoms with E-state index < -0.39 is 0 Å². The van der Waals surface area contributed by atoms with Crippen LogP contribution in [0.1, 0.15) is 63.9 Å². The number of amides is 1. The van der Waals surface area contributed by atoms with Gasteiger partial charge in [-0.25, -0.2) is 9.37 Å². The predicted octanol–water partition coefficient (Wildman–Crippen LogP) is 7.62. The summed E-state index contributed by atoms with van der Waals surface area (Å²) in [5, 5.41) is 0.769. The van der Waals surface area contributed by atoms with Gasteiger partial charge in [0.2, 0.25) is 5.91 Å². The second-order valence-corrected chi connectivity index (χ2v) is 13.7. The van der Waals surface area contributed by atoms with Gasteiger partial charge in [-0.2, -0.15) is 0 Å². The first kappa shape index (κ1) is 29.8. The van der Waals surface area contributed by atoms with Gasteiger partial charge in [-0.15, -0.1) is 0 Å². The Morgan fingerprint density at radius 1 is 1.00 bits per heavy atom. The van der Waals surface area contributed by atoms with E-state index in [9.17, 15) is 14.0 Å². The summed E-state index contributed by atoms with van der Waals surface area (Å²) < 4.78 is 15.3. The van der Waals surface area contributed by atoms with Crippen molar-refractivity contribution in [2.24, 2.45) is 0 Å². The molecule has 7 rings (SSSR count). The van der Waals surface area contributed by atoms with E-state index in [1.807, 2.05) is 48.5 Å². The van der Waals surface area contributed by atoms with Gasteiger partial charge in [-0.1, -0.05) is 61.9 Å². The maximum Gasteiger partial charge on any atom is 0.266 e. The summed E-state index contributed by atoms with van der Waals surface area (Å²) in [6.45, 7) is 3.54. The Morgan fingerprint density at radius 3 is 2.60 bits per heavy atom. The molecule has 3 atom stereocenters. The molecule has 2 saturated heterocycles. The van der Waals surface area contributed by atoms with Crippen LogP contribution in [0, 0.1) is 5.82 Å². The molecule has 45 heavy (non-hydrogen) atoms. The molecule has 1 aliphatic carbocycles. The third-order valence-electron chi connectivity index (χ3n) is 9.54. The maximum atomic E-state index is 14.3. The number of nitrogens with zero attached hydrogens (tertiary/aromatic N) is 4. The molecule has 3 unspecified atom stereocenters. The lowest BCUT2D eigenvalue weighted by Crippen LogP contribution is -2.51. The van der Waals surface area contributed by atoms with E-state index in [0.29, 0.717) is 29.0 Å². The van der Waals surface area contributed by atoms with Crippen molar-refractivity contribution in [1.82, 2.24) is 14.5 Å². The van der Waals surface area contributed by atoms with Gasteiger partial charge < -0.3 is 9.80 Å². The first-order valence-corrected chi connectivity index (χ1v) is 17.2. The smallest absolute Gasteiger partial charge is 0.266 e. The SMILES string of the molecule is CCCCC(Sc1nc2ccccc2c(=O)n1-c1cccc(C2=CCCCC2)c1)C(=O)N1CC2CC1CN2c1ccc(F)cc1. The number of fused-ring (bicyclic) bond motifs is 3. The number of carbonyl (C=O) groups is 1. The van der Waals surface area contributed by atoms with Crippen LogP contribution in [-0.2, 0) is 4.79 Å². The number of allylic oxidation sites excluding steroid dienone is 2. The second kappa shape index (κ2) is 12.8. The number of likely N-dealkylation sites (tertiary alicyclic amines) is 1. The van der Waals surface area contributed by atoms with Crippen molar-refractivity contribution in [2.45, 2.75) is 80.8 Å². The fraction of sp³-hybridized carbons (Fsp3) is 0.378. The predicted molar refractivity (Wildman–Crippen MR) is 181 cm³/mol. The quantitative estimate of drug-likeness (QED) is 0.142. The van der Waals surface area contributed by atoms with Crippen molar-refractivity contribution >= 4 is 39.8 Å². The van der Waals surface area contributed by atoms with Crippen LogP contribution in [0.5, 0.6) is 0 Å². The van der Waals surface area contributed by atoms with Crippen LogP contribution in [0.4, 0.5) is 10.1 Å². The van der Waals surface area contributed by atoms with Gasteiger partial charge in [0, 0.05) is 24.8 Å². The Balaban J connectivity index is 1.21. The molecule has 0 radical (unpaired) electrons. The fourth-order valence-corrected chi connectivity index (χ4v) is 8.40. The van der Waals surface area contributed by atoms with Gasteiger partial charge in [0.15, 0.2) is 5.16 Å². The van der Waals surface area contributed by atoms with E-state index >= 15 is 0 Å². The van der Waals surface area contributed by atoms with E-state index in [0.717, 1.165) is 55.6 Å². The van der Waals surface area contributed by atoms with Crippen LogP contribution in [0.25, 0.3) is 22.2 Å². The normalized spacial score (nSPS) is 20.1. The molecule has 0 N–H and O–H groups in total. The minimum absolute atomic E-state index is 0.115. The van der Waals surface area contributed by atoms with Gasteiger partial charge in [-0.05, 0) is 98.2 Å². The van der Waals surface area contributed by atoms with Crippen LogP contribution in [0.3, 0.4) is 0 Å². The summed E-state index contributed by atoms with van der Waals surface area (Å²) in [7, 11) is 0. The lowest BCUT2D eigenvalue weighted by molar-refractivity contribution is -0.131. The summed E-state index contributed by atoms with van der Waals surface area (Å²) in [6.07, 6.45) is 10.4. The highest BCUT2D eigenvalue weighted by atomic mass is 32.2. The van der Waals surface area contributed by atoms with Crippen LogP contribution in [0.15, 0.2) is 88.8 Å². The second-order valence-electron chi connectivity index (χ2n) is 12.5. The first-order valence-electron chi connectivity index (χ1n) is 16.3. The third kappa shape index (κ3) is 5.92. The molecule has 0 saturated carbocycles. The van der Waals surface area contributed by atoms with Gasteiger partial charge in [0.25, 0.3) is 5.56 Å². The number of halogens is 1. The van der Waals surface area contributed by atoms with Crippen molar-refractivity contribution in [1.29, 1.82) is 0 Å². The van der Waals surface area contributed by atoms with Gasteiger partial charge >= 0.3 is 0 Å². The summed E-state index contributed by atoms with van der Waals surface area (Å²) in [5.41, 5.74) is 4.78. The molecule has 8 heteroatoms. The molecular formula is C37H39FN4O2S. The zero-order valence-electron chi connectivity index (χ0n) is 25.7. The molecule has 2 aliphatic heterocycles. The van der Waals surface area contributed by atoms with Crippen LogP contribution < -0.4 is 10.5 Å². The Bertz CT molecular complexity index is 1800. The summed E-state index contributed by atoms with van der Waals surface area (Å²) in [4.78, 5) is 37.8. The van der Waals surface area contributed by atoms with Crippen molar-refractivity contribution in [3.05, 3.63) is 101 Å². The number of benzene rings is 3. The average molecular weight is 623 g/mol. The summed E-state index contributed by atoms with van der Waals surface area (Å²) >= 11 is 1.43. The first-order chi connectivity index (χ1) is 22.0. The molecule has 2 bridgehead atoms. The number of unbranched alkanes of at least 4 members (excludes halogenated alkanes) is 1. The molecule has 2 fully saturated rings. The largest absolute Gasteiger partial charge is 0.365 e. The Hall–Kier alpha value is -3.91. The van der Waals surface area contributed by atoms with Crippen molar-refractivity contribution in [2.75, 3.05) is 18.0 Å². The number of aromatic nitrogens is 2. The minimum Gasteiger partial charge on any atom is -0.365 e. The third-order valence-corrected chi connectivity index (χ3v) is 10.7. The summed E-state index contributed by atoms with van der Waals surface area (Å²) in [6, 6.07) is 22.7. The molecule has 0 spiro atoms. The molecular weight excluding hydrogens is 583 g/mol. The van der Waals surface area contributed by atoms with Gasteiger partial charge in [0.05, 0.1) is 27.9 Å². The average Bonchev–Trinajstić information content (AvgIpc) is 3.69. The number of para-hydroxylation sites is 1. The Labute approximate surface area is 268 Å². The molecule has 6 nitrogen and oxygen atoms in total. The topological polar surface area (TPSA) is 58.4 Å². The molecule has 3 aromatic carbocycles. The van der Waals surface area contributed by atoms with Gasteiger partial charge in [-0.3, -0.25) is 14.2 Å². The highest BCUT2D eigenvalue weighted by Gasteiger charge is 2.46. The Kier molecular flexibility index (Phi) is 8.49. The number of rotatable bonds is 9. The number of carbonyl (C=O) groups excluding carboxylic acids is 1. The summed E-state index contributed by atoms with van der Waals surface area (Å²) in [5.74, 6) is -0.121. The molecule has 1 amide bonds. The lowest BCUT2D eigenvalue weighted by atomic mass is 9.93. The van der Waals surface area contributed by atoms with Crippen molar-refractivity contribution in [3.8, 4) is 5.69 Å². The number of hydrogen-bond acceptors (Lipinski definition) is 5. The highest BCUT2D eigenvalue weighted by Crippen LogP contribution is 2.38. The molecule has 1 aromatic heterocycles. The maximum absolute atomic E-state index is 14.3. The monoisotopic (exact) mass is 622 g/mol. The van der Waals surface area contributed by atoms with Crippen LogP contribution in [0.2, 0.25) is 0 Å². The van der Waals surface area contributed by atoms with E-state index in [-0.39, 0.29) is 34.6 Å². The van der Waals surface area contributed by atoms with E-state index in [2.05, 4.69) is 34.9 Å². The van der Waals surface area contributed by atoms with E-state index in [4.69, 9.17) is 4.98 Å². The van der Waals surface area contributed by atoms with E-state index in [1.54, 1.807) is 4.57 Å². The van der Waals surface area contributed by atoms with Crippen LogP contribution in [-0.4, -0.2) is 50.8 Å². The van der Waals surface area contributed by atoms with Crippen molar-refractivity contribution in [3.63, 3.8) is 0 Å².